The number of carboxylic acids is 1. The standard InChI is InChI=1S/C10H13N5O2/c1-2-14-7-11-4-9(14)6-15-5-8(12-13-15)3-10(16)17/h4-5,7H,2-3,6H2,1H3,(H,16,17). The Labute approximate surface area is 97.7 Å². The number of carboxylic acid groups (broad SMARTS) is 1. The van der Waals surface area contributed by atoms with E-state index < -0.39 is 5.97 Å². The van der Waals surface area contributed by atoms with Crippen LogP contribution in [0.15, 0.2) is 18.7 Å². The van der Waals surface area contributed by atoms with Gasteiger partial charge in [-0.1, -0.05) is 5.21 Å². The first-order valence-corrected chi connectivity index (χ1v) is 5.29. The summed E-state index contributed by atoms with van der Waals surface area (Å²) in [6, 6.07) is 0. The number of imidazole rings is 1. The summed E-state index contributed by atoms with van der Waals surface area (Å²) in [4.78, 5) is 14.6. The molecule has 0 saturated heterocycles. The molecule has 0 bridgehead atoms. The lowest BCUT2D eigenvalue weighted by atomic mass is 10.3. The molecule has 90 valence electrons. The highest BCUT2D eigenvalue weighted by atomic mass is 16.4. The summed E-state index contributed by atoms with van der Waals surface area (Å²) in [6.45, 7) is 3.41. The zero-order valence-corrected chi connectivity index (χ0v) is 9.44. The van der Waals surface area contributed by atoms with Crippen LogP contribution in [0.1, 0.15) is 18.3 Å². The Balaban J connectivity index is 2.08. The maximum Gasteiger partial charge on any atom is 0.309 e. The van der Waals surface area contributed by atoms with Crippen LogP contribution in [0.5, 0.6) is 0 Å². The van der Waals surface area contributed by atoms with Crippen LogP contribution in [0, 0.1) is 0 Å². The highest BCUT2D eigenvalue weighted by molar-refractivity contribution is 5.69. The van der Waals surface area contributed by atoms with Crippen molar-refractivity contribution in [2.45, 2.75) is 26.4 Å². The lowest BCUT2D eigenvalue weighted by molar-refractivity contribution is -0.136. The van der Waals surface area contributed by atoms with E-state index in [0.29, 0.717) is 12.2 Å². The van der Waals surface area contributed by atoms with Gasteiger partial charge in [0.1, 0.15) is 0 Å². The van der Waals surface area contributed by atoms with Gasteiger partial charge >= 0.3 is 5.97 Å². The molecule has 0 fully saturated rings. The SMILES string of the molecule is CCn1cncc1Cn1cc(CC(=O)O)nn1. The Morgan fingerprint density at radius 2 is 2.35 bits per heavy atom. The minimum Gasteiger partial charge on any atom is -0.481 e. The van der Waals surface area contributed by atoms with Crippen LogP contribution >= 0.6 is 0 Å². The molecule has 0 unspecified atom stereocenters. The third kappa shape index (κ3) is 2.68. The van der Waals surface area contributed by atoms with Gasteiger partial charge < -0.3 is 9.67 Å². The van der Waals surface area contributed by atoms with E-state index in [9.17, 15) is 4.79 Å². The van der Waals surface area contributed by atoms with Gasteiger partial charge in [0.15, 0.2) is 0 Å². The second-order valence-electron chi connectivity index (χ2n) is 3.65. The van der Waals surface area contributed by atoms with Crippen molar-refractivity contribution in [3.8, 4) is 0 Å². The Morgan fingerprint density at radius 3 is 3.06 bits per heavy atom. The maximum absolute atomic E-state index is 10.5. The van der Waals surface area contributed by atoms with Crippen molar-refractivity contribution in [2.75, 3.05) is 0 Å². The van der Waals surface area contributed by atoms with Gasteiger partial charge in [-0.05, 0) is 6.92 Å². The fourth-order valence-electron chi connectivity index (χ4n) is 1.58. The van der Waals surface area contributed by atoms with Gasteiger partial charge in [-0.3, -0.25) is 4.79 Å². The molecule has 2 aromatic heterocycles. The highest BCUT2D eigenvalue weighted by Crippen LogP contribution is 2.03. The normalized spacial score (nSPS) is 10.6. The number of aromatic nitrogens is 5. The summed E-state index contributed by atoms with van der Waals surface area (Å²) in [5, 5.41) is 16.3. The predicted octanol–water partition coefficient (Wildman–Crippen LogP) is 0.170. The zero-order valence-electron chi connectivity index (χ0n) is 9.44. The Bertz CT molecular complexity index is 516. The van der Waals surface area contributed by atoms with Crippen LogP contribution in [0.25, 0.3) is 0 Å². The minimum absolute atomic E-state index is 0.104. The van der Waals surface area contributed by atoms with Gasteiger partial charge in [-0.25, -0.2) is 9.67 Å². The van der Waals surface area contributed by atoms with Gasteiger partial charge in [-0.15, -0.1) is 5.10 Å². The minimum atomic E-state index is -0.907. The Hall–Kier alpha value is -2.18. The van der Waals surface area contributed by atoms with E-state index in [-0.39, 0.29) is 6.42 Å². The van der Waals surface area contributed by atoms with Crippen molar-refractivity contribution in [3.63, 3.8) is 0 Å². The van der Waals surface area contributed by atoms with Gasteiger partial charge in [-0.2, -0.15) is 0 Å². The molecule has 2 rings (SSSR count). The summed E-state index contributed by atoms with van der Waals surface area (Å²) in [7, 11) is 0. The molecule has 0 aliphatic rings. The van der Waals surface area contributed by atoms with Crippen molar-refractivity contribution in [2.24, 2.45) is 0 Å². The number of nitrogens with zero attached hydrogens (tertiary/aromatic N) is 5. The molecule has 0 aromatic carbocycles. The summed E-state index contributed by atoms with van der Waals surface area (Å²) in [5.41, 5.74) is 1.47. The number of aliphatic carboxylic acids is 1. The molecule has 17 heavy (non-hydrogen) atoms. The maximum atomic E-state index is 10.5. The van der Waals surface area contributed by atoms with Crippen LogP contribution in [0.2, 0.25) is 0 Å². The summed E-state index contributed by atoms with van der Waals surface area (Å²) in [6.07, 6.45) is 5.06. The second kappa shape index (κ2) is 4.77. The first kappa shape index (κ1) is 11.3. The van der Waals surface area contributed by atoms with Gasteiger partial charge in [0.2, 0.25) is 0 Å². The third-order valence-corrected chi connectivity index (χ3v) is 2.38. The molecule has 0 amide bonds. The number of hydrogen-bond acceptors (Lipinski definition) is 4. The van der Waals surface area contributed by atoms with E-state index in [0.717, 1.165) is 12.2 Å². The van der Waals surface area contributed by atoms with E-state index >= 15 is 0 Å². The molecule has 7 heteroatoms. The second-order valence-corrected chi connectivity index (χ2v) is 3.65. The molecule has 0 saturated carbocycles. The third-order valence-electron chi connectivity index (χ3n) is 2.38. The van der Waals surface area contributed by atoms with Crippen molar-refractivity contribution >= 4 is 5.97 Å². The average molecular weight is 235 g/mol. The van der Waals surface area contributed by atoms with Crippen LogP contribution in [-0.2, 0) is 24.3 Å². The lowest BCUT2D eigenvalue weighted by Crippen LogP contribution is -2.06. The van der Waals surface area contributed by atoms with Crippen molar-refractivity contribution in [3.05, 3.63) is 30.1 Å². The summed E-state index contributed by atoms with van der Waals surface area (Å²) >= 11 is 0. The van der Waals surface area contributed by atoms with E-state index in [1.165, 1.54) is 0 Å². The average Bonchev–Trinajstić information content (AvgIpc) is 2.87. The smallest absolute Gasteiger partial charge is 0.309 e. The Morgan fingerprint density at radius 1 is 1.53 bits per heavy atom. The zero-order chi connectivity index (χ0) is 12.3. The molecule has 0 radical (unpaired) electrons. The van der Waals surface area contributed by atoms with Crippen LogP contribution in [-0.4, -0.2) is 35.6 Å². The fourth-order valence-corrected chi connectivity index (χ4v) is 1.58. The van der Waals surface area contributed by atoms with Crippen molar-refractivity contribution in [1.82, 2.24) is 24.5 Å². The molecule has 0 aliphatic carbocycles. The van der Waals surface area contributed by atoms with E-state index in [4.69, 9.17) is 5.11 Å². The first-order chi connectivity index (χ1) is 8.19. The molecule has 7 nitrogen and oxygen atoms in total. The molecular formula is C10H13N5O2. The molecule has 1 N–H and O–H groups in total. The molecule has 0 spiro atoms. The van der Waals surface area contributed by atoms with Gasteiger partial charge in [0.05, 0.1) is 36.9 Å². The quantitative estimate of drug-likeness (QED) is 0.798. The molecule has 2 aromatic rings. The molecular weight excluding hydrogens is 222 g/mol. The number of carbonyl (C=O) groups is 1. The van der Waals surface area contributed by atoms with Crippen LogP contribution < -0.4 is 0 Å². The number of hydrogen-bond donors (Lipinski definition) is 1. The largest absolute Gasteiger partial charge is 0.481 e. The van der Waals surface area contributed by atoms with E-state index in [1.807, 2.05) is 11.5 Å². The molecule has 2 heterocycles. The van der Waals surface area contributed by atoms with Gasteiger partial charge in [0, 0.05) is 12.7 Å². The highest BCUT2D eigenvalue weighted by Gasteiger charge is 2.07. The molecule has 0 aliphatic heterocycles. The first-order valence-electron chi connectivity index (χ1n) is 5.29. The monoisotopic (exact) mass is 235 g/mol. The Kier molecular flexibility index (Phi) is 3.17. The van der Waals surface area contributed by atoms with Crippen LogP contribution in [0.3, 0.4) is 0 Å². The van der Waals surface area contributed by atoms with E-state index in [2.05, 4.69) is 15.3 Å². The van der Waals surface area contributed by atoms with Crippen molar-refractivity contribution < 1.29 is 9.90 Å². The van der Waals surface area contributed by atoms with E-state index in [1.54, 1.807) is 23.4 Å². The topological polar surface area (TPSA) is 85.8 Å². The fraction of sp³-hybridized carbons (Fsp3) is 0.400. The van der Waals surface area contributed by atoms with Gasteiger partial charge in [0.25, 0.3) is 0 Å². The lowest BCUT2D eigenvalue weighted by Gasteiger charge is -2.03. The summed E-state index contributed by atoms with van der Waals surface area (Å²) in [5.74, 6) is -0.907. The van der Waals surface area contributed by atoms with Crippen molar-refractivity contribution in [1.29, 1.82) is 0 Å². The number of aryl methyl sites for hydroxylation is 1. The predicted molar refractivity (Wildman–Crippen MR) is 58.4 cm³/mol. The molecule has 0 atom stereocenters. The summed E-state index contributed by atoms with van der Waals surface area (Å²) < 4.78 is 3.61. The number of rotatable bonds is 5. The van der Waals surface area contributed by atoms with Crippen LogP contribution in [0.4, 0.5) is 0 Å².